The summed E-state index contributed by atoms with van der Waals surface area (Å²) in [6.07, 6.45) is 20.1. The van der Waals surface area contributed by atoms with Gasteiger partial charge in [-0.2, -0.15) is 0 Å². The summed E-state index contributed by atoms with van der Waals surface area (Å²) in [6, 6.07) is 6.80. The van der Waals surface area contributed by atoms with Crippen molar-refractivity contribution in [1.29, 1.82) is 0 Å². The summed E-state index contributed by atoms with van der Waals surface area (Å²) in [7, 11) is 3.97. The molecule has 6 aliphatic heterocycles. The quantitative estimate of drug-likeness (QED) is 0.223. The number of hydrogen-bond donors (Lipinski definition) is 3. The predicted molar refractivity (Wildman–Crippen MR) is 272 cm³/mol. The van der Waals surface area contributed by atoms with Gasteiger partial charge >= 0.3 is 5.69 Å². The Hall–Kier alpha value is -5.70. The minimum Gasteiger partial charge on any atom is -0.384 e. The van der Waals surface area contributed by atoms with Gasteiger partial charge in [0, 0.05) is 101 Å². The summed E-state index contributed by atoms with van der Waals surface area (Å²) in [4.78, 5) is 54.6. The van der Waals surface area contributed by atoms with Crippen molar-refractivity contribution in [3.8, 4) is 0 Å². The van der Waals surface area contributed by atoms with Gasteiger partial charge in [0.1, 0.15) is 17.7 Å². The highest BCUT2D eigenvalue weighted by Gasteiger charge is 2.34. The molecule has 0 radical (unpaired) electrons. The number of piperazine rings is 1. The zero-order chi connectivity index (χ0) is 47.4. The van der Waals surface area contributed by atoms with E-state index in [1.54, 1.807) is 16.2 Å². The number of aliphatic imine (C=N–C) groups is 1. The average molecular weight is 922 g/mol. The van der Waals surface area contributed by atoms with E-state index in [1.165, 1.54) is 33.5 Å². The molecular formula is C54H71N11O3. The first kappa shape index (κ1) is 46.1. The van der Waals surface area contributed by atoms with Crippen molar-refractivity contribution in [1.82, 2.24) is 38.6 Å². The summed E-state index contributed by atoms with van der Waals surface area (Å²) < 4.78 is 5.68. The first-order chi connectivity index (χ1) is 32.8. The lowest BCUT2D eigenvalue weighted by Gasteiger charge is -2.43. The zero-order valence-corrected chi connectivity index (χ0v) is 40.9. The first-order valence-corrected chi connectivity index (χ1v) is 25.2. The van der Waals surface area contributed by atoms with Gasteiger partial charge in [-0.15, -0.1) is 0 Å². The molecule has 3 atom stereocenters. The molecule has 1 aromatic carbocycles. The number of imidazole rings is 1. The van der Waals surface area contributed by atoms with Gasteiger partial charge in [0.15, 0.2) is 0 Å². The molecule has 8 heterocycles. The van der Waals surface area contributed by atoms with Crippen LogP contribution >= 0.6 is 0 Å². The second-order valence-corrected chi connectivity index (χ2v) is 20.7. The lowest BCUT2D eigenvalue weighted by atomic mass is 9.82. The third-order valence-corrected chi connectivity index (χ3v) is 16.6. The molecule has 2 aromatic heterocycles. The van der Waals surface area contributed by atoms with Crippen molar-refractivity contribution in [2.75, 3.05) is 64.2 Å². The highest BCUT2D eigenvalue weighted by atomic mass is 16.2. The summed E-state index contributed by atoms with van der Waals surface area (Å²) in [6.45, 7) is 20.0. The van der Waals surface area contributed by atoms with E-state index in [4.69, 9.17) is 5.73 Å². The molecule has 4 fully saturated rings. The number of nitrogens with zero attached hydrogens (tertiary/aromatic N) is 8. The van der Waals surface area contributed by atoms with Gasteiger partial charge in [0.25, 0.3) is 0 Å². The maximum Gasteiger partial charge on any atom is 0.329 e. The largest absolute Gasteiger partial charge is 0.384 e. The number of anilines is 1. The molecule has 2 amide bonds. The molecule has 3 aromatic rings. The number of dihydropyridines is 1. The van der Waals surface area contributed by atoms with E-state index in [2.05, 4.69) is 117 Å². The van der Waals surface area contributed by atoms with Crippen molar-refractivity contribution < 1.29 is 9.59 Å². The van der Waals surface area contributed by atoms with Crippen molar-refractivity contribution >= 4 is 40.1 Å². The summed E-state index contributed by atoms with van der Waals surface area (Å²) >= 11 is 0. The molecule has 14 nitrogen and oxygen atoms in total. The highest BCUT2D eigenvalue weighted by Crippen LogP contribution is 2.40. The van der Waals surface area contributed by atoms with E-state index in [0.29, 0.717) is 54.8 Å². The fraction of sp³-hybridized carbons (Fsp3) is 0.519. The SMILES string of the molecule is C=C1CCC(n2c(=O)n(C)c3cc(CN4CCN(CC5CCN(C(=O)C6=CC=C(C7CCN(C(C)c8cc9c(n8C)NC=C/C9=C8/C=CC(N)=NC8)CC7)CC6)CC5)C(C)C4)c(C)cc32)C(=O)N1. The van der Waals surface area contributed by atoms with Gasteiger partial charge in [0.05, 0.1) is 17.6 Å². The average Bonchev–Trinajstić information content (AvgIpc) is 3.81. The van der Waals surface area contributed by atoms with E-state index < -0.39 is 6.04 Å². The number of carbonyl (C=O) groups excluding carboxylic acids is 2. The van der Waals surface area contributed by atoms with Gasteiger partial charge in [0.2, 0.25) is 11.8 Å². The number of amidine groups is 1. The minimum absolute atomic E-state index is 0.157. The Balaban J connectivity index is 0.680. The Morgan fingerprint density at radius 1 is 0.912 bits per heavy atom. The zero-order valence-electron chi connectivity index (χ0n) is 40.9. The molecule has 3 unspecified atom stereocenters. The number of fused-ring (bicyclic) bond motifs is 2. The topological polar surface area (TPSA) is 141 Å². The third-order valence-electron chi connectivity index (χ3n) is 16.6. The van der Waals surface area contributed by atoms with Crippen LogP contribution in [0.15, 0.2) is 93.6 Å². The predicted octanol–water partition coefficient (Wildman–Crippen LogP) is 6.44. The van der Waals surface area contributed by atoms with Gasteiger partial charge in [-0.25, -0.2) is 4.79 Å². The monoisotopic (exact) mass is 922 g/mol. The summed E-state index contributed by atoms with van der Waals surface area (Å²) in [5.41, 5.74) is 17.9. The summed E-state index contributed by atoms with van der Waals surface area (Å²) in [5, 5.41) is 6.34. The van der Waals surface area contributed by atoms with Crippen LogP contribution < -0.4 is 22.1 Å². The number of rotatable bonds is 9. The number of amides is 2. The molecule has 4 saturated heterocycles. The molecule has 10 rings (SSSR count). The lowest BCUT2D eigenvalue weighted by molar-refractivity contribution is -0.129. The van der Waals surface area contributed by atoms with Crippen LogP contribution in [0.1, 0.15) is 99.7 Å². The Morgan fingerprint density at radius 3 is 2.41 bits per heavy atom. The molecule has 0 spiro atoms. The normalized spacial score (nSPS) is 25.2. The fourth-order valence-corrected chi connectivity index (χ4v) is 12.3. The number of carbonyl (C=O) groups is 2. The van der Waals surface area contributed by atoms with Crippen LogP contribution in [-0.2, 0) is 30.2 Å². The van der Waals surface area contributed by atoms with Crippen LogP contribution in [0.2, 0.25) is 0 Å². The van der Waals surface area contributed by atoms with Crippen LogP contribution in [0.5, 0.6) is 0 Å². The standard InChI is InChI=1S/C54H71N11O3/c1-34-27-49-48(60(6)54(68)65(49)46-13-7-35(2)58-52(46)66)28-43(34)33-61-25-26-64(36(3)31-61)32-38-16-21-63(22-17-38)53(67)41-10-8-39(9-11-41)40-18-23-62(24-19-40)37(4)47-29-45-44(15-20-56-51(45)59(47)5)42-12-14-50(55)57-30-42/h8,10,12,14-15,20,27-29,36-38,40,46,56H,2,7,9,11,13,16-19,21-26,30-33H2,1,3-6H3,(H2,55,57)(H,58,66)/b44-42+. The second-order valence-electron chi connectivity index (χ2n) is 20.7. The van der Waals surface area contributed by atoms with Crippen LogP contribution in [0.3, 0.4) is 0 Å². The Labute approximate surface area is 401 Å². The van der Waals surface area contributed by atoms with Crippen LogP contribution in [-0.4, -0.2) is 116 Å². The number of piperidine rings is 3. The van der Waals surface area contributed by atoms with Gasteiger partial charge < -0.3 is 25.8 Å². The first-order valence-electron chi connectivity index (χ1n) is 25.2. The molecule has 0 bridgehead atoms. The highest BCUT2D eigenvalue weighted by molar-refractivity contribution is 5.96. The Morgan fingerprint density at radius 2 is 1.71 bits per heavy atom. The van der Waals surface area contributed by atoms with Crippen molar-refractivity contribution in [3.63, 3.8) is 0 Å². The van der Waals surface area contributed by atoms with Gasteiger partial charge in [-0.05, 0) is 150 Å². The van der Waals surface area contributed by atoms with E-state index >= 15 is 0 Å². The lowest BCUT2D eigenvalue weighted by Crippen LogP contribution is -2.53. The molecule has 1 aliphatic carbocycles. The van der Waals surface area contributed by atoms with Crippen molar-refractivity contribution in [2.45, 2.75) is 96.8 Å². The molecular weight excluding hydrogens is 851 g/mol. The molecule has 68 heavy (non-hydrogen) atoms. The fourth-order valence-electron chi connectivity index (χ4n) is 12.3. The number of hydrogen-bond acceptors (Lipinski definition) is 9. The van der Waals surface area contributed by atoms with Gasteiger partial charge in [-0.1, -0.05) is 30.4 Å². The Bertz CT molecular complexity index is 2760. The summed E-state index contributed by atoms with van der Waals surface area (Å²) in [5.74, 6) is 2.95. The number of benzene rings is 1. The van der Waals surface area contributed by atoms with E-state index in [9.17, 15) is 14.4 Å². The van der Waals surface area contributed by atoms with E-state index in [1.807, 2.05) is 12.3 Å². The number of nitrogens with two attached hydrogens (primary N) is 1. The van der Waals surface area contributed by atoms with Crippen molar-refractivity contribution in [3.05, 3.63) is 117 Å². The van der Waals surface area contributed by atoms with E-state index in [0.717, 1.165) is 125 Å². The second kappa shape index (κ2) is 19.0. The van der Waals surface area contributed by atoms with Crippen LogP contribution in [0.4, 0.5) is 5.82 Å². The molecule has 0 saturated carbocycles. The third kappa shape index (κ3) is 8.91. The molecule has 7 aliphatic rings. The smallest absolute Gasteiger partial charge is 0.329 e. The number of likely N-dealkylation sites (tertiary alicyclic amines) is 2. The van der Waals surface area contributed by atoms with Crippen LogP contribution in [0.25, 0.3) is 16.6 Å². The number of nitrogens with one attached hydrogen (secondary N) is 2. The minimum atomic E-state index is -0.529. The number of allylic oxidation sites excluding steroid dienone is 6. The Kier molecular flexibility index (Phi) is 12.9. The molecule has 4 N–H and O–H groups in total. The number of aryl methyl sites for hydroxylation is 2. The van der Waals surface area contributed by atoms with E-state index in [-0.39, 0.29) is 17.5 Å². The maximum absolute atomic E-state index is 13.8. The molecule has 14 heteroatoms. The van der Waals surface area contributed by atoms with Crippen molar-refractivity contribution in [2.24, 2.45) is 36.7 Å². The molecule has 360 valence electrons. The number of aromatic nitrogens is 3. The van der Waals surface area contributed by atoms with Gasteiger partial charge in [-0.3, -0.25) is 38.4 Å². The van der Waals surface area contributed by atoms with Crippen LogP contribution in [0, 0.1) is 18.8 Å². The maximum atomic E-state index is 13.8.